The summed E-state index contributed by atoms with van der Waals surface area (Å²) in [6.45, 7) is 8.78. The van der Waals surface area contributed by atoms with Gasteiger partial charge in [0, 0.05) is 18.0 Å². The maximum Gasteiger partial charge on any atom is 0.134 e. The first-order valence-corrected chi connectivity index (χ1v) is 9.73. The van der Waals surface area contributed by atoms with E-state index in [1.165, 1.54) is 57.9 Å². The highest BCUT2D eigenvalue weighted by Gasteiger charge is 2.10. The van der Waals surface area contributed by atoms with E-state index in [-0.39, 0.29) is 0 Å². The fraction of sp³-hybridized carbons (Fsp3) is 0.375. The molecule has 2 aromatic carbocycles. The van der Waals surface area contributed by atoms with E-state index in [4.69, 9.17) is 4.98 Å². The normalized spacial score (nSPS) is 11.1. The number of benzene rings is 2. The quantitative estimate of drug-likeness (QED) is 0.508. The van der Waals surface area contributed by atoms with Crippen molar-refractivity contribution in [2.75, 3.05) is 12.4 Å². The molecule has 0 saturated heterocycles. The molecule has 2 nitrogen and oxygen atoms in total. The van der Waals surface area contributed by atoms with Gasteiger partial charge in [-0.3, -0.25) is 0 Å². The molecule has 0 spiro atoms. The van der Waals surface area contributed by atoms with Gasteiger partial charge in [-0.25, -0.2) is 4.98 Å². The van der Waals surface area contributed by atoms with Crippen molar-refractivity contribution < 1.29 is 0 Å². The zero-order valence-corrected chi connectivity index (χ0v) is 16.7. The molecular formula is C24H30N2. The van der Waals surface area contributed by atoms with Crippen molar-refractivity contribution in [1.82, 2.24) is 4.98 Å². The Morgan fingerprint density at radius 1 is 0.923 bits per heavy atom. The maximum atomic E-state index is 4.93. The predicted molar refractivity (Wildman–Crippen MR) is 114 cm³/mol. The van der Waals surface area contributed by atoms with Crippen molar-refractivity contribution in [3.8, 4) is 11.3 Å². The van der Waals surface area contributed by atoms with E-state index in [9.17, 15) is 0 Å². The number of nitrogens with one attached hydrogen (secondary N) is 1. The van der Waals surface area contributed by atoms with Crippen LogP contribution in [0.3, 0.4) is 0 Å². The second-order valence-electron chi connectivity index (χ2n) is 7.35. The SMILES string of the molecule is CCCCCc1ccc2cc(-c3cc(C)c(C)c(C)c3)nc(NC)c2c1. The summed E-state index contributed by atoms with van der Waals surface area (Å²) in [6.07, 6.45) is 4.95. The number of nitrogens with zero attached hydrogens (tertiary/aromatic N) is 1. The van der Waals surface area contributed by atoms with Gasteiger partial charge in [0.25, 0.3) is 0 Å². The van der Waals surface area contributed by atoms with E-state index in [1.54, 1.807) is 0 Å². The smallest absolute Gasteiger partial charge is 0.134 e. The second-order valence-corrected chi connectivity index (χ2v) is 7.35. The van der Waals surface area contributed by atoms with E-state index in [2.05, 4.69) is 69.4 Å². The highest BCUT2D eigenvalue weighted by atomic mass is 15.0. The zero-order chi connectivity index (χ0) is 18.7. The molecule has 3 rings (SSSR count). The van der Waals surface area contributed by atoms with Crippen molar-refractivity contribution in [2.45, 2.75) is 53.4 Å². The highest BCUT2D eigenvalue weighted by Crippen LogP contribution is 2.30. The first-order valence-electron chi connectivity index (χ1n) is 9.73. The average Bonchev–Trinajstić information content (AvgIpc) is 2.65. The minimum absolute atomic E-state index is 0.964. The van der Waals surface area contributed by atoms with Gasteiger partial charge in [-0.05, 0) is 85.5 Å². The number of aryl methyl sites for hydroxylation is 3. The Hall–Kier alpha value is -2.35. The molecule has 2 heteroatoms. The van der Waals surface area contributed by atoms with E-state index >= 15 is 0 Å². The van der Waals surface area contributed by atoms with Crippen molar-refractivity contribution >= 4 is 16.6 Å². The molecule has 0 aliphatic rings. The Morgan fingerprint density at radius 3 is 2.31 bits per heavy atom. The fourth-order valence-corrected chi connectivity index (χ4v) is 3.55. The molecule has 1 aromatic heterocycles. The molecule has 0 atom stereocenters. The van der Waals surface area contributed by atoms with Gasteiger partial charge in [-0.15, -0.1) is 0 Å². The highest BCUT2D eigenvalue weighted by molar-refractivity contribution is 5.95. The molecule has 0 unspecified atom stereocenters. The summed E-state index contributed by atoms with van der Waals surface area (Å²) < 4.78 is 0. The molecule has 3 aromatic rings. The topological polar surface area (TPSA) is 24.9 Å². The third-order valence-electron chi connectivity index (χ3n) is 5.43. The van der Waals surface area contributed by atoms with Gasteiger partial charge in [-0.1, -0.05) is 31.9 Å². The van der Waals surface area contributed by atoms with Gasteiger partial charge < -0.3 is 5.32 Å². The summed E-state index contributed by atoms with van der Waals surface area (Å²) in [5.74, 6) is 0.964. The van der Waals surface area contributed by atoms with Crippen LogP contribution in [0.1, 0.15) is 48.4 Å². The van der Waals surface area contributed by atoms with Gasteiger partial charge >= 0.3 is 0 Å². The number of aromatic nitrogens is 1. The van der Waals surface area contributed by atoms with Crippen LogP contribution in [-0.2, 0) is 6.42 Å². The standard InChI is InChI=1S/C24H30N2/c1-6-7-8-9-19-10-11-20-15-23(26-24(25-5)22(20)14-19)21-12-16(2)18(4)17(3)13-21/h10-15H,6-9H2,1-5H3,(H,25,26). The molecule has 1 N–H and O–H groups in total. The molecule has 136 valence electrons. The predicted octanol–water partition coefficient (Wildman–Crippen LogP) is 6.60. The maximum absolute atomic E-state index is 4.93. The number of unbranched alkanes of at least 4 members (excludes halogenated alkanes) is 2. The van der Waals surface area contributed by atoms with E-state index in [0.717, 1.165) is 17.9 Å². The zero-order valence-electron chi connectivity index (χ0n) is 16.7. The lowest BCUT2D eigenvalue weighted by molar-refractivity contribution is 0.718. The van der Waals surface area contributed by atoms with Crippen LogP contribution in [0, 0.1) is 20.8 Å². The Balaban J connectivity index is 2.05. The molecule has 0 bridgehead atoms. The number of anilines is 1. The lowest BCUT2D eigenvalue weighted by Crippen LogP contribution is -1.98. The molecule has 0 aliphatic carbocycles. The van der Waals surface area contributed by atoms with Gasteiger partial charge in [0.2, 0.25) is 0 Å². The van der Waals surface area contributed by atoms with Crippen LogP contribution in [0.2, 0.25) is 0 Å². The molecule has 0 amide bonds. The number of hydrogen-bond acceptors (Lipinski definition) is 2. The molecular weight excluding hydrogens is 316 g/mol. The van der Waals surface area contributed by atoms with Crippen LogP contribution in [0.4, 0.5) is 5.82 Å². The van der Waals surface area contributed by atoms with Crippen molar-refractivity contribution in [2.24, 2.45) is 0 Å². The summed E-state index contributed by atoms with van der Waals surface area (Å²) in [7, 11) is 1.96. The van der Waals surface area contributed by atoms with Gasteiger partial charge in [0.15, 0.2) is 0 Å². The van der Waals surface area contributed by atoms with Gasteiger partial charge in [-0.2, -0.15) is 0 Å². The van der Waals surface area contributed by atoms with E-state index in [0.29, 0.717) is 0 Å². The van der Waals surface area contributed by atoms with Gasteiger partial charge in [0.1, 0.15) is 5.82 Å². The lowest BCUT2D eigenvalue weighted by atomic mass is 9.97. The summed E-state index contributed by atoms with van der Waals surface area (Å²) in [4.78, 5) is 4.93. The van der Waals surface area contributed by atoms with Crippen LogP contribution in [0.15, 0.2) is 36.4 Å². The Morgan fingerprint density at radius 2 is 1.65 bits per heavy atom. The molecule has 0 aliphatic heterocycles. The van der Waals surface area contributed by atoms with Crippen LogP contribution in [0.5, 0.6) is 0 Å². The number of hydrogen-bond donors (Lipinski definition) is 1. The summed E-state index contributed by atoms with van der Waals surface area (Å²) in [6, 6.07) is 13.5. The number of pyridine rings is 1. The monoisotopic (exact) mass is 346 g/mol. The minimum Gasteiger partial charge on any atom is -0.373 e. The summed E-state index contributed by atoms with van der Waals surface area (Å²) in [5.41, 5.74) is 7.63. The number of rotatable bonds is 6. The molecule has 0 fully saturated rings. The largest absolute Gasteiger partial charge is 0.373 e. The fourth-order valence-electron chi connectivity index (χ4n) is 3.55. The Bertz CT molecular complexity index is 902. The summed E-state index contributed by atoms with van der Waals surface area (Å²) in [5, 5.41) is 5.76. The minimum atomic E-state index is 0.964. The molecule has 0 radical (unpaired) electrons. The van der Waals surface area contributed by atoms with Crippen LogP contribution in [0.25, 0.3) is 22.0 Å². The van der Waals surface area contributed by atoms with Crippen molar-refractivity contribution in [1.29, 1.82) is 0 Å². The average molecular weight is 347 g/mol. The second kappa shape index (κ2) is 7.90. The third kappa shape index (κ3) is 3.75. The van der Waals surface area contributed by atoms with Crippen molar-refractivity contribution in [3.63, 3.8) is 0 Å². The lowest BCUT2D eigenvalue weighted by Gasteiger charge is -2.13. The van der Waals surface area contributed by atoms with Gasteiger partial charge in [0.05, 0.1) is 5.69 Å². The first-order chi connectivity index (χ1) is 12.5. The number of fused-ring (bicyclic) bond motifs is 1. The Kier molecular flexibility index (Phi) is 5.61. The van der Waals surface area contributed by atoms with E-state index < -0.39 is 0 Å². The third-order valence-corrected chi connectivity index (χ3v) is 5.43. The molecule has 0 saturated carbocycles. The van der Waals surface area contributed by atoms with Crippen LogP contribution < -0.4 is 5.32 Å². The molecule has 26 heavy (non-hydrogen) atoms. The first kappa shape index (κ1) is 18.4. The summed E-state index contributed by atoms with van der Waals surface area (Å²) >= 11 is 0. The Labute approximate surface area is 157 Å². The van der Waals surface area contributed by atoms with Crippen LogP contribution in [-0.4, -0.2) is 12.0 Å². The molecule has 1 heterocycles. The van der Waals surface area contributed by atoms with Crippen LogP contribution >= 0.6 is 0 Å². The van der Waals surface area contributed by atoms with E-state index in [1.807, 2.05) is 7.05 Å². The van der Waals surface area contributed by atoms with Crippen molar-refractivity contribution in [3.05, 3.63) is 58.7 Å².